The summed E-state index contributed by atoms with van der Waals surface area (Å²) in [5, 5.41) is 19.5. The summed E-state index contributed by atoms with van der Waals surface area (Å²) in [5.74, 6) is 0.768. The SMILES string of the molecule is COc1ccc(C[C@@H]2c3cc(O)c(O)cc3CCN2C)cc1. The summed E-state index contributed by atoms with van der Waals surface area (Å²) in [7, 11) is 3.76. The lowest BCUT2D eigenvalue weighted by Gasteiger charge is -2.35. The number of phenolic OH excluding ortho intramolecular Hbond substituents is 2. The fourth-order valence-corrected chi connectivity index (χ4v) is 3.10. The van der Waals surface area contributed by atoms with E-state index in [1.54, 1.807) is 19.2 Å². The first-order valence-corrected chi connectivity index (χ1v) is 7.46. The highest BCUT2D eigenvalue weighted by Gasteiger charge is 2.26. The summed E-state index contributed by atoms with van der Waals surface area (Å²) in [5.41, 5.74) is 3.44. The molecule has 2 aromatic rings. The van der Waals surface area contributed by atoms with Gasteiger partial charge in [0, 0.05) is 12.6 Å². The fourth-order valence-electron chi connectivity index (χ4n) is 3.10. The first-order chi connectivity index (χ1) is 10.6. The molecule has 1 aliphatic rings. The van der Waals surface area contributed by atoms with Gasteiger partial charge in [-0.2, -0.15) is 0 Å². The van der Waals surface area contributed by atoms with Crippen LogP contribution in [0.2, 0.25) is 0 Å². The third-order valence-electron chi connectivity index (χ3n) is 4.45. The number of ether oxygens (including phenoxy) is 1. The molecular formula is C18H21NO3. The van der Waals surface area contributed by atoms with E-state index in [4.69, 9.17) is 4.74 Å². The first kappa shape index (κ1) is 14.7. The van der Waals surface area contributed by atoms with Crippen molar-refractivity contribution in [1.82, 2.24) is 4.90 Å². The summed E-state index contributed by atoms with van der Waals surface area (Å²) in [4.78, 5) is 2.29. The van der Waals surface area contributed by atoms with E-state index < -0.39 is 0 Å². The summed E-state index contributed by atoms with van der Waals surface area (Å²) < 4.78 is 5.19. The van der Waals surface area contributed by atoms with Crippen molar-refractivity contribution in [2.45, 2.75) is 18.9 Å². The topological polar surface area (TPSA) is 52.9 Å². The summed E-state index contributed by atoms with van der Waals surface area (Å²) in [6.07, 6.45) is 1.75. The van der Waals surface area contributed by atoms with Crippen molar-refractivity contribution in [3.8, 4) is 17.2 Å². The lowest BCUT2D eigenvalue weighted by atomic mass is 9.88. The second-order valence-corrected chi connectivity index (χ2v) is 5.84. The van der Waals surface area contributed by atoms with Gasteiger partial charge in [0.1, 0.15) is 5.75 Å². The van der Waals surface area contributed by atoms with Gasteiger partial charge in [0.25, 0.3) is 0 Å². The zero-order valence-electron chi connectivity index (χ0n) is 12.9. The molecule has 2 aromatic carbocycles. The van der Waals surface area contributed by atoms with Crippen LogP contribution in [-0.4, -0.2) is 35.8 Å². The van der Waals surface area contributed by atoms with Crippen molar-refractivity contribution in [2.24, 2.45) is 0 Å². The van der Waals surface area contributed by atoms with Crippen LogP contribution in [0.25, 0.3) is 0 Å². The molecule has 0 saturated carbocycles. The molecule has 0 spiro atoms. The smallest absolute Gasteiger partial charge is 0.157 e. The second kappa shape index (κ2) is 5.89. The van der Waals surface area contributed by atoms with Crippen molar-refractivity contribution in [1.29, 1.82) is 0 Å². The van der Waals surface area contributed by atoms with Crippen molar-refractivity contribution in [2.75, 3.05) is 20.7 Å². The van der Waals surface area contributed by atoms with Crippen LogP contribution in [0.1, 0.15) is 22.7 Å². The lowest BCUT2D eigenvalue weighted by Crippen LogP contribution is -2.33. The number of likely N-dealkylation sites (N-methyl/N-ethyl adjacent to an activating group) is 1. The average molecular weight is 299 g/mol. The van der Waals surface area contributed by atoms with Crippen LogP contribution in [0.3, 0.4) is 0 Å². The van der Waals surface area contributed by atoms with Gasteiger partial charge in [0.05, 0.1) is 7.11 Å². The standard InChI is InChI=1S/C18H21NO3/c1-19-8-7-13-10-17(20)18(21)11-15(13)16(19)9-12-3-5-14(22-2)6-4-12/h3-6,10-11,16,20-21H,7-9H2,1-2H3/t16-/m1/s1. The van der Waals surface area contributed by atoms with E-state index >= 15 is 0 Å². The Labute approximate surface area is 130 Å². The number of benzene rings is 2. The van der Waals surface area contributed by atoms with Crippen LogP contribution in [0.5, 0.6) is 17.2 Å². The van der Waals surface area contributed by atoms with Gasteiger partial charge in [-0.3, -0.25) is 4.90 Å². The molecule has 22 heavy (non-hydrogen) atoms. The molecule has 4 heteroatoms. The van der Waals surface area contributed by atoms with Crippen molar-refractivity contribution in [3.05, 3.63) is 53.1 Å². The van der Waals surface area contributed by atoms with E-state index in [9.17, 15) is 10.2 Å². The summed E-state index contributed by atoms with van der Waals surface area (Å²) in [6.45, 7) is 0.942. The van der Waals surface area contributed by atoms with Gasteiger partial charge in [-0.1, -0.05) is 12.1 Å². The van der Waals surface area contributed by atoms with E-state index in [2.05, 4.69) is 24.1 Å². The third kappa shape index (κ3) is 2.74. The van der Waals surface area contributed by atoms with Gasteiger partial charge in [-0.25, -0.2) is 0 Å². The third-order valence-corrected chi connectivity index (χ3v) is 4.45. The van der Waals surface area contributed by atoms with E-state index in [0.717, 1.165) is 36.3 Å². The van der Waals surface area contributed by atoms with E-state index in [1.165, 1.54) is 5.56 Å². The number of fused-ring (bicyclic) bond motifs is 1. The molecule has 116 valence electrons. The molecule has 0 unspecified atom stereocenters. The van der Waals surface area contributed by atoms with E-state index in [1.807, 2.05) is 12.1 Å². The van der Waals surface area contributed by atoms with Gasteiger partial charge >= 0.3 is 0 Å². The molecule has 0 aromatic heterocycles. The minimum atomic E-state index is -0.0474. The molecule has 0 aliphatic carbocycles. The molecule has 2 N–H and O–H groups in total. The number of hydrogen-bond acceptors (Lipinski definition) is 4. The zero-order valence-corrected chi connectivity index (χ0v) is 12.9. The van der Waals surface area contributed by atoms with Crippen molar-refractivity contribution >= 4 is 0 Å². The van der Waals surface area contributed by atoms with Crippen LogP contribution >= 0.6 is 0 Å². The number of phenols is 2. The summed E-state index contributed by atoms with van der Waals surface area (Å²) in [6, 6.07) is 11.7. The predicted molar refractivity (Wildman–Crippen MR) is 85.5 cm³/mol. The molecule has 1 aliphatic heterocycles. The van der Waals surface area contributed by atoms with Gasteiger partial charge < -0.3 is 14.9 Å². The maximum atomic E-state index is 9.83. The number of hydrogen-bond donors (Lipinski definition) is 2. The maximum absolute atomic E-state index is 9.83. The van der Waals surface area contributed by atoms with Gasteiger partial charge in [-0.15, -0.1) is 0 Å². The highest BCUT2D eigenvalue weighted by atomic mass is 16.5. The van der Waals surface area contributed by atoms with Crippen LogP contribution in [0.15, 0.2) is 36.4 Å². The Balaban J connectivity index is 1.91. The number of nitrogens with zero attached hydrogens (tertiary/aromatic N) is 1. The molecule has 3 rings (SSSR count). The van der Waals surface area contributed by atoms with Crippen molar-refractivity contribution in [3.63, 3.8) is 0 Å². The zero-order chi connectivity index (χ0) is 15.7. The molecule has 1 heterocycles. The molecule has 4 nitrogen and oxygen atoms in total. The Bertz CT molecular complexity index is 667. The number of rotatable bonds is 3. The molecule has 1 atom stereocenters. The second-order valence-electron chi connectivity index (χ2n) is 5.84. The number of aromatic hydroxyl groups is 2. The van der Waals surface area contributed by atoms with Gasteiger partial charge in [-0.05, 0) is 60.8 Å². The average Bonchev–Trinajstić information content (AvgIpc) is 2.53. The lowest BCUT2D eigenvalue weighted by molar-refractivity contribution is 0.228. The van der Waals surface area contributed by atoms with Crippen LogP contribution < -0.4 is 4.74 Å². The summed E-state index contributed by atoms with van der Waals surface area (Å²) >= 11 is 0. The molecular weight excluding hydrogens is 278 g/mol. The highest BCUT2D eigenvalue weighted by Crippen LogP contribution is 2.37. The molecule has 0 amide bonds. The number of methoxy groups -OCH3 is 1. The van der Waals surface area contributed by atoms with E-state index in [0.29, 0.717) is 0 Å². The quantitative estimate of drug-likeness (QED) is 0.856. The van der Waals surface area contributed by atoms with Crippen molar-refractivity contribution < 1.29 is 14.9 Å². The van der Waals surface area contributed by atoms with E-state index in [-0.39, 0.29) is 17.5 Å². The molecule has 0 saturated heterocycles. The largest absolute Gasteiger partial charge is 0.504 e. The Morgan fingerprint density at radius 2 is 1.82 bits per heavy atom. The Morgan fingerprint density at radius 1 is 1.14 bits per heavy atom. The Hall–Kier alpha value is -2.20. The minimum Gasteiger partial charge on any atom is -0.504 e. The highest BCUT2D eigenvalue weighted by molar-refractivity contribution is 5.48. The van der Waals surface area contributed by atoms with Gasteiger partial charge in [0.2, 0.25) is 0 Å². The normalized spacial score (nSPS) is 18.0. The Morgan fingerprint density at radius 3 is 2.50 bits per heavy atom. The first-order valence-electron chi connectivity index (χ1n) is 7.46. The minimum absolute atomic E-state index is 0.0356. The molecule has 0 fully saturated rings. The van der Waals surface area contributed by atoms with Crippen LogP contribution in [0.4, 0.5) is 0 Å². The van der Waals surface area contributed by atoms with Crippen LogP contribution in [0, 0.1) is 0 Å². The predicted octanol–water partition coefficient (Wildman–Crippen LogP) is 2.88. The monoisotopic (exact) mass is 299 g/mol. The van der Waals surface area contributed by atoms with Gasteiger partial charge in [0.15, 0.2) is 11.5 Å². The fraction of sp³-hybridized carbons (Fsp3) is 0.333. The Kier molecular flexibility index (Phi) is 3.94. The maximum Gasteiger partial charge on any atom is 0.157 e. The molecule has 0 bridgehead atoms. The van der Waals surface area contributed by atoms with Crippen LogP contribution in [-0.2, 0) is 12.8 Å². The molecule has 0 radical (unpaired) electrons.